The Labute approximate surface area is 108 Å². The molecule has 1 aromatic rings. The lowest BCUT2D eigenvalue weighted by Gasteiger charge is -2.13. The van der Waals surface area contributed by atoms with Crippen molar-refractivity contribution < 1.29 is 9.18 Å². The van der Waals surface area contributed by atoms with Crippen LogP contribution in [0.1, 0.15) is 49.0 Å². The maximum absolute atomic E-state index is 13.2. The number of carbonyl (C=O) groups is 1. The number of hydrogen-bond acceptors (Lipinski definition) is 2. The van der Waals surface area contributed by atoms with Gasteiger partial charge in [0.2, 0.25) is 0 Å². The van der Waals surface area contributed by atoms with Crippen molar-refractivity contribution in [2.75, 3.05) is 0 Å². The van der Waals surface area contributed by atoms with Gasteiger partial charge in [0.15, 0.2) is 5.78 Å². The van der Waals surface area contributed by atoms with Crippen LogP contribution >= 0.6 is 0 Å². The van der Waals surface area contributed by atoms with E-state index in [1.54, 1.807) is 6.07 Å². The van der Waals surface area contributed by atoms with Gasteiger partial charge in [0, 0.05) is 17.5 Å². The Balaban J connectivity index is 2.65. The molecule has 0 saturated heterocycles. The number of halogens is 1. The molecule has 3 heteroatoms. The van der Waals surface area contributed by atoms with Crippen LogP contribution in [0.15, 0.2) is 18.2 Å². The van der Waals surface area contributed by atoms with Crippen LogP contribution in [0, 0.1) is 18.7 Å². The maximum atomic E-state index is 13.2. The Morgan fingerprint density at radius 1 is 1.33 bits per heavy atom. The van der Waals surface area contributed by atoms with Gasteiger partial charge in [-0.25, -0.2) is 4.39 Å². The second-order valence-corrected chi connectivity index (χ2v) is 5.13. The van der Waals surface area contributed by atoms with Crippen LogP contribution in [0.25, 0.3) is 0 Å². The Morgan fingerprint density at radius 3 is 2.61 bits per heavy atom. The molecule has 2 N–H and O–H groups in total. The fraction of sp³-hybridized carbons (Fsp3) is 0.533. The van der Waals surface area contributed by atoms with Gasteiger partial charge in [-0.1, -0.05) is 19.4 Å². The number of nitrogens with two attached hydrogens (primary N) is 1. The molecule has 2 atom stereocenters. The molecule has 1 rings (SSSR count). The second kappa shape index (κ2) is 6.64. The molecule has 0 aliphatic rings. The first-order valence-corrected chi connectivity index (χ1v) is 6.47. The fourth-order valence-electron chi connectivity index (χ4n) is 2.00. The molecular weight excluding hydrogens is 229 g/mol. The average Bonchev–Trinajstić information content (AvgIpc) is 2.30. The highest BCUT2D eigenvalue weighted by Crippen LogP contribution is 2.19. The van der Waals surface area contributed by atoms with E-state index in [1.807, 2.05) is 20.8 Å². The van der Waals surface area contributed by atoms with Gasteiger partial charge in [-0.3, -0.25) is 4.79 Å². The summed E-state index contributed by atoms with van der Waals surface area (Å²) in [5.41, 5.74) is 7.01. The zero-order valence-corrected chi connectivity index (χ0v) is 11.4. The van der Waals surface area contributed by atoms with Crippen LogP contribution in [0.3, 0.4) is 0 Å². The lowest BCUT2D eigenvalue weighted by atomic mass is 9.91. The molecule has 2 nitrogen and oxygen atoms in total. The van der Waals surface area contributed by atoms with Gasteiger partial charge in [0.05, 0.1) is 0 Å². The summed E-state index contributed by atoms with van der Waals surface area (Å²) in [5.74, 6) is -0.410. The number of Topliss-reactive ketones (excluding diaryl/α,β-unsaturated/α-hetero) is 1. The molecule has 0 aliphatic carbocycles. The first-order chi connectivity index (χ1) is 8.41. The van der Waals surface area contributed by atoms with Gasteiger partial charge in [-0.2, -0.15) is 0 Å². The van der Waals surface area contributed by atoms with E-state index in [0.29, 0.717) is 5.56 Å². The molecule has 0 heterocycles. The summed E-state index contributed by atoms with van der Waals surface area (Å²) in [5, 5.41) is 0. The van der Waals surface area contributed by atoms with E-state index in [9.17, 15) is 9.18 Å². The van der Waals surface area contributed by atoms with Crippen molar-refractivity contribution >= 4 is 5.78 Å². The Kier molecular flexibility index (Phi) is 5.48. The third-order valence-corrected chi connectivity index (χ3v) is 3.21. The summed E-state index contributed by atoms with van der Waals surface area (Å²) < 4.78 is 13.2. The predicted molar refractivity (Wildman–Crippen MR) is 72.1 cm³/mol. The molecule has 0 fully saturated rings. The first-order valence-electron chi connectivity index (χ1n) is 6.47. The molecular formula is C15H22FNO. The summed E-state index contributed by atoms with van der Waals surface area (Å²) in [4.78, 5) is 12.2. The molecule has 100 valence electrons. The molecule has 2 unspecified atom stereocenters. The van der Waals surface area contributed by atoms with Gasteiger partial charge in [0.25, 0.3) is 0 Å². The molecule has 18 heavy (non-hydrogen) atoms. The molecule has 0 bridgehead atoms. The highest BCUT2D eigenvalue weighted by Gasteiger charge is 2.17. The Bertz CT molecular complexity index is 415. The molecule has 0 saturated carbocycles. The van der Waals surface area contributed by atoms with E-state index in [1.165, 1.54) is 12.1 Å². The summed E-state index contributed by atoms with van der Waals surface area (Å²) in [6.45, 7) is 5.69. The third-order valence-electron chi connectivity index (χ3n) is 3.21. The predicted octanol–water partition coefficient (Wildman–Crippen LogP) is 3.47. The van der Waals surface area contributed by atoms with Crippen LogP contribution in [-0.4, -0.2) is 11.8 Å². The minimum absolute atomic E-state index is 0.0247. The summed E-state index contributed by atoms with van der Waals surface area (Å²) in [6.07, 6.45) is 2.65. The number of rotatable bonds is 6. The van der Waals surface area contributed by atoms with E-state index in [4.69, 9.17) is 5.73 Å². The monoisotopic (exact) mass is 251 g/mol. The summed E-state index contributed by atoms with van der Waals surface area (Å²) in [6, 6.07) is 4.53. The van der Waals surface area contributed by atoms with Gasteiger partial charge in [-0.05, 0) is 44.4 Å². The molecule has 1 aromatic carbocycles. The molecule has 0 radical (unpaired) electrons. The fourth-order valence-corrected chi connectivity index (χ4v) is 2.00. The van der Waals surface area contributed by atoms with Gasteiger partial charge in [-0.15, -0.1) is 0 Å². The smallest absolute Gasteiger partial charge is 0.166 e. The van der Waals surface area contributed by atoms with Gasteiger partial charge < -0.3 is 5.73 Å². The Hall–Kier alpha value is -1.22. The van der Waals surface area contributed by atoms with E-state index in [0.717, 1.165) is 24.8 Å². The zero-order valence-electron chi connectivity index (χ0n) is 11.4. The zero-order chi connectivity index (χ0) is 13.7. The van der Waals surface area contributed by atoms with E-state index >= 15 is 0 Å². The number of carbonyl (C=O) groups excluding carboxylic acids is 1. The highest BCUT2D eigenvalue weighted by molar-refractivity contribution is 5.98. The number of aryl methyl sites for hydroxylation is 1. The van der Waals surface area contributed by atoms with Crippen LogP contribution in [0.5, 0.6) is 0 Å². The highest BCUT2D eigenvalue weighted by atomic mass is 19.1. The van der Waals surface area contributed by atoms with E-state index in [-0.39, 0.29) is 23.6 Å². The van der Waals surface area contributed by atoms with Crippen molar-refractivity contribution in [2.45, 2.75) is 46.1 Å². The number of ketones is 1. The van der Waals surface area contributed by atoms with Crippen LogP contribution in [0.4, 0.5) is 4.39 Å². The van der Waals surface area contributed by atoms with E-state index < -0.39 is 0 Å². The topological polar surface area (TPSA) is 43.1 Å². The summed E-state index contributed by atoms with van der Waals surface area (Å²) >= 11 is 0. The van der Waals surface area contributed by atoms with Crippen molar-refractivity contribution in [1.29, 1.82) is 0 Å². The summed E-state index contributed by atoms with van der Waals surface area (Å²) in [7, 11) is 0. The second-order valence-electron chi connectivity index (χ2n) is 5.13. The number of benzene rings is 1. The SMILES string of the molecule is Cc1ccc(F)cc1C(=O)C(C)CCCC(C)N. The average molecular weight is 251 g/mol. The maximum Gasteiger partial charge on any atom is 0.166 e. The van der Waals surface area contributed by atoms with Crippen LogP contribution < -0.4 is 5.73 Å². The Morgan fingerprint density at radius 2 is 2.00 bits per heavy atom. The first kappa shape index (κ1) is 14.8. The van der Waals surface area contributed by atoms with Crippen molar-refractivity contribution in [3.05, 3.63) is 35.1 Å². The minimum Gasteiger partial charge on any atom is -0.328 e. The van der Waals surface area contributed by atoms with Crippen molar-refractivity contribution in [2.24, 2.45) is 11.7 Å². The van der Waals surface area contributed by atoms with Gasteiger partial charge in [0.1, 0.15) is 5.82 Å². The normalized spacial score (nSPS) is 14.3. The molecule has 0 amide bonds. The quantitative estimate of drug-likeness (QED) is 0.787. The number of hydrogen-bond donors (Lipinski definition) is 1. The third kappa shape index (κ3) is 4.22. The standard InChI is InChI=1S/C15H22FNO/c1-10-7-8-13(16)9-14(10)15(18)11(2)5-4-6-12(3)17/h7-9,11-12H,4-6,17H2,1-3H3. The van der Waals surface area contributed by atoms with Gasteiger partial charge >= 0.3 is 0 Å². The lowest BCUT2D eigenvalue weighted by molar-refractivity contribution is 0.0921. The minimum atomic E-state index is -0.355. The van der Waals surface area contributed by atoms with Crippen molar-refractivity contribution in [3.8, 4) is 0 Å². The largest absolute Gasteiger partial charge is 0.328 e. The molecule has 0 aromatic heterocycles. The van der Waals surface area contributed by atoms with Crippen LogP contribution in [-0.2, 0) is 0 Å². The van der Waals surface area contributed by atoms with Crippen molar-refractivity contribution in [3.63, 3.8) is 0 Å². The molecule has 0 aliphatic heterocycles. The van der Waals surface area contributed by atoms with Crippen molar-refractivity contribution in [1.82, 2.24) is 0 Å². The lowest BCUT2D eigenvalue weighted by Crippen LogP contribution is -2.17. The van der Waals surface area contributed by atoms with Crippen LogP contribution in [0.2, 0.25) is 0 Å². The van der Waals surface area contributed by atoms with E-state index in [2.05, 4.69) is 0 Å². The molecule has 0 spiro atoms.